The van der Waals surface area contributed by atoms with Crippen LogP contribution in [0.15, 0.2) is 18.2 Å². The molecule has 1 aliphatic heterocycles. The number of nitro groups is 1. The molecule has 2 N–H and O–H groups in total. The first-order valence-corrected chi connectivity index (χ1v) is 5.88. The summed E-state index contributed by atoms with van der Waals surface area (Å²) in [6.45, 7) is 1.22. The number of anilines is 1. The molecular formula is C12H15N3O3. The summed E-state index contributed by atoms with van der Waals surface area (Å²) in [6.07, 6.45) is 2.54. The molecule has 1 aliphatic rings. The zero-order valence-electron chi connectivity index (χ0n) is 9.96. The number of carbonyl (C=O) groups is 1. The molecule has 1 aromatic carbocycles. The van der Waals surface area contributed by atoms with E-state index >= 15 is 0 Å². The normalized spacial score (nSPS) is 15.8. The second-order valence-corrected chi connectivity index (χ2v) is 4.42. The summed E-state index contributed by atoms with van der Waals surface area (Å²) in [5.41, 5.74) is 6.49. The molecule has 18 heavy (non-hydrogen) atoms. The van der Waals surface area contributed by atoms with Crippen molar-refractivity contribution < 1.29 is 9.72 Å². The highest BCUT2D eigenvalue weighted by Gasteiger charge is 2.19. The number of hydrogen-bond donors (Lipinski definition) is 1. The van der Waals surface area contributed by atoms with Gasteiger partial charge in [-0.25, -0.2) is 0 Å². The standard InChI is InChI=1S/C12H15N3O3/c13-10-7-9(4-5-11(10)15(17)18)8-14-6-2-1-3-12(14)16/h4-5,7H,1-3,6,8,13H2. The number of amides is 1. The third-order valence-corrected chi connectivity index (χ3v) is 3.08. The van der Waals surface area contributed by atoms with E-state index in [-0.39, 0.29) is 17.3 Å². The van der Waals surface area contributed by atoms with Crippen LogP contribution in [0.2, 0.25) is 0 Å². The fourth-order valence-electron chi connectivity index (χ4n) is 2.12. The van der Waals surface area contributed by atoms with Crippen LogP contribution in [0.5, 0.6) is 0 Å². The Morgan fingerprint density at radius 3 is 2.78 bits per heavy atom. The molecule has 0 spiro atoms. The lowest BCUT2D eigenvalue weighted by atomic mass is 10.1. The van der Waals surface area contributed by atoms with Gasteiger partial charge < -0.3 is 10.6 Å². The molecule has 0 atom stereocenters. The van der Waals surface area contributed by atoms with E-state index in [9.17, 15) is 14.9 Å². The summed E-state index contributed by atoms with van der Waals surface area (Å²) in [5.74, 6) is 0.137. The molecule has 0 saturated carbocycles. The summed E-state index contributed by atoms with van der Waals surface area (Å²) in [5, 5.41) is 10.6. The molecule has 1 heterocycles. The van der Waals surface area contributed by atoms with Crippen LogP contribution in [0.3, 0.4) is 0 Å². The fourth-order valence-corrected chi connectivity index (χ4v) is 2.12. The minimum absolute atomic E-state index is 0.0938. The van der Waals surface area contributed by atoms with Gasteiger partial charge in [0.05, 0.1) is 4.92 Å². The number of nitrogens with zero attached hydrogens (tertiary/aromatic N) is 2. The number of rotatable bonds is 3. The zero-order valence-corrected chi connectivity index (χ0v) is 9.96. The van der Waals surface area contributed by atoms with Crippen molar-refractivity contribution in [1.29, 1.82) is 0 Å². The maximum Gasteiger partial charge on any atom is 0.292 e. The van der Waals surface area contributed by atoms with Crippen molar-refractivity contribution in [2.75, 3.05) is 12.3 Å². The van der Waals surface area contributed by atoms with Crippen molar-refractivity contribution in [3.8, 4) is 0 Å². The lowest BCUT2D eigenvalue weighted by molar-refractivity contribution is -0.383. The van der Waals surface area contributed by atoms with Crippen LogP contribution < -0.4 is 5.73 Å². The predicted octanol–water partition coefficient (Wildman–Crippen LogP) is 1.69. The minimum atomic E-state index is -0.509. The molecule has 0 aliphatic carbocycles. The Balaban J connectivity index is 2.12. The highest BCUT2D eigenvalue weighted by molar-refractivity contribution is 5.76. The number of nitro benzene ring substituents is 1. The molecule has 0 radical (unpaired) electrons. The van der Waals surface area contributed by atoms with Crippen molar-refractivity contribution in [3.63, 3.8) is 0 Å². The van der Waals surface area contributed by atoms with Crippen molar-refractivity contribution in [2.24, 2.45) is 0 Å². The van der Waals surface area contributed by atoms with E-state index in [2.05, 4.69) is 0 Å². The Labute approximate surface area is 105 Å². The smallest absolute Gasteiger partial charge is 0.292 e. The quantitative estimate of drug-likeness (QED) is 0.501. The first-order chi connectivity index (χ1) is 8.58. The first-order valence-electron chi connectivity index (χ1n) is 5.88. The topological polar surface area (TPSA) is 89.5 Å². The van der Waals surface area contributed by atoms with Gasteiger partial charge in [0.2, 0.25) is 5.91 Å². The highest BCUT2D eigenvalue weighted by Crippen LogP contribution is 2.23. The summed E-state index contributed by atoms with van der Waals surface area (Å²) in [6, 6.07) is 4.61. The van der Waals surface area contributed by atoms with E-state index in [1.807, 2.05) is 0 Å². The second kappa shape index (κ2) is 5.03. The van der Waals surface area contributed by atoms with Gasteiger partial charge in [-0.05, 0) is 24.5 Å². The van der Waals surface area contributed by atoms with Gasteiger partial charge in [0, 0.05) is 25.6 Å². The molecule has 0 unspecified atom stereocenters. The van der Waals surface area contributed by atoms with Crippen molar-refractivity contribution in [3.05, 3.63) is 33.9 Å². The van der Waals surface area contributed by atoms with Crippen molar-refractivity contribution >= 4 is 17.3 Å². The Kier molecular flexibility index (Phi) is 3.45. The van der Waals surface area contributed by atoms with E-state index in [0.29, 0.717) is 13.0 Å². The molecule has 1 amide bonds. The molecule has 1 aromatic rings. The maximum atomic E-state index is 11.6. The van der Waals surface area contributed by atoms with Crippen molar-refractivity contribution in [2.45, 2.75) is 25.8 Å². The van der Waals surface area contributed by atoms with Gasteiger partial charge >= 0.3 is 0 Å². The van der Waals surface area contributed by atoms with E-state index < -0.39 is 4.92 Å². The van der Waals surface area contributed by atoms with Gasteiger partial charge in [-0.3, -0.25) is 14.9 Å². The molecular weight excluding hydrogens is 234 g/mol. The minimum Gasteiger partial charge on any atom is -0.393 e. The van der Waals surface area contributed by atoms with Crippen LogP contribution in [0.1, 0.15) is 24.8 Å². The zero-order chi connectivity index (χ0) is 13.1. The van der Waals surface area contributed by atoms with E-state index in [0.717, 1.165) is 24.9 Å². The molecule has 1 fully saturated rings. The highest BCUT2D eigenvalue weighted by atomic mass is 16.6. The molecule has 2 rings (SSSR count). The van der Waals surface area contributed by atoms with Crippen molar-refractivity contribution in [1.82, 2.24) is 4.90 Å². The number of nitrogen functional groups attached to an aromatic ring is 1. The Hall–Kier alpha value is -2.11. The number of piperidine rings is 1. The number of nitrogens with two attached hydrogens (primary N) is 1. The maximum absolute atomic E-state index is 11.6. The third-order valence-electron chi connectivity index (χ3n) is 3.08. The van der Waals surface area contributed by atoms with E-state index in [1.54, 1.807) is 17.0 Å². The predicted molar refractivity (Wildman–Crippen MR) is 66.8 cm³/mol. The van der Waals surface area contributed by atoms with Gasteiger partial charge in [-0.1, -0.05) is 6.07 Å². The summed E-state index contributed by atoms with van der Waals surface area (Å²) < 4.78 is 0. The summed E-state index contributed by atoms with van der Waals surface area (Å²) in [4.78, 5) is 23.5. The Morgan fingerprint density at radius 1 is 1.39 bits per heavy atom. The molecule has 6 nitrogen and oxygen atoms in total. The van der Waals surface area contributed by atoms with Gasteiger partial charge in [0.15, 0.2) is 0 Å². The molecule has 1 saturated heterocycles. The molecule has 96 valence electrons. The monoisotopic (exact) mass is 249 g/mol. The number of likely N-dealkylation sites (tertiary alicyclic amines) is 1. The average molecular weight is 249 g/mol. The Morgan fingerprint density at radius 2 is 2.17 bits per heavy atom. The first kappa shape index (κ1) is 12.3. The summed E-state index contributed by atoms with van der Waals surface area (Å²) in [7, 11) is 0. The van der Waals surface area contributed by atoms with Crippen LogP contribution >= 0.6 is 0 Å². The average Bonchev–Trinajstić information content (AvgIpc) is 2.32. The van der Waals surface area contributed by atoms with Crippen LogP contribution in [-0.4, -0.2) is 22.3 Å². The largest absolute Gasteiger partial charge is 0.393 e. The second-order valence-electron chi connectivity index (χ2n) is 4.42. The molecule has 0 bridgehead atoms. The molecule has 0 aromatic heterocycles. The molecule has 6 heteroatoms. The van der Waals surface area contributed by atoms with Gasteiger partial charge in [-0.15, -0.1) is 0 Å². The Bertz CT molecular complexity index is 487. The van der Waals surface area contributed by atoms with E-state index in [4.69, 9.17) is 5.73 Å². The lowest BCUT2D eigenvalue weighted by Gasteiger charge is -2.26. The summed E-state index contributed by atoms with van der Waals surface area (Å²) >= 11 is 0. The number of carbonyl (C=O) groups excluding carboxylic acids is 1. The van der Waals surface area contributed by atoms with E-state index in [1.165, 1.54) is 6.07 Å². The van der Waals surface area contributed by atoms with Crippen LogP contribution in [-0.2, 0) is 11.3 Å². The van der Waals surface area contributed by atoms with Gasteiger partial charge in [-0.2, -0.15) is 0 Å². The van der Waals surface area contributed by atoms with Gasteiger partial charge in [0.25, 0.3) is 5.69 Å². The van der Waals surface area contributed by atoms with Gasteiger partial charge in [0.1, 0.15) is 5.69 Å². The van der Waals surface area contributed by atoms with Crippen LogP contribution in [0.25, 0.3) is 0 Å². The fraction of sp³-hybridized carbons (Fsp3) is 0.417. The third kappa shape index (κ3) is 2.58. The lowest BCUT2D eigenvalue weighted by Crippen LogP contribution is -2.34. The van der Waals surface area contributed by atoms with Crippen LogP contribution in [0.4, 0.5) is 11.4 Å². The SMILES string of the molecule is Nc1cc(CN2CCCCC2=O)ccc1[N+](=O)[O-]. The number of hydrogen-bond acceptors (Lipinski definition) is 4. The van der Waals surface area contributed by atoms with Crippen LogP contribution in [0, 0.1) is 10.1 Å². The number of benzene rings is 1.